The fourth-order valence-electron chi connectivity index (χ4n) is 2.01. The minimum absolute atomic E-state index is 0.0855. The van der Waals surface area contributed by atoms with Gasteiger partial charge in [0, 0.05) is 6.08 Å². The lowest BCUT2D eigenvalue weighted by Crippen LogP contribution is -2.27. The van der Waals surface area contributed by atoms with Crippen LogP contribution in [0.2, 0.25) is 0 Å². The maximum Gasteiger partial charge on any atom is 0.416 e. The predicted octanol–water partition coefficient (Wildman–Crippen LogP) is 4.54. The van der Waals surface area contributed by atoms with E-state index in [0.29, 0.717) is 22.4 Å². The monoisotopic (exact) mass is 339 g/mol. The SMILES string of the molecule is O=C1S/C(=C/c2ccco2)C(=O)N1c1cccc(C(F)(F)F)c1. The van der Waals surface area contributed by atoms with Crippen LogP contribution in [-0.4, -0.2) is 11.1 Å². The number of carbonyl (C=O) groups is 2. The van der Waals surface area contributed by atoms with Crippen LogP contribution in [0.3, 0.4) is 0 Å². The molecule has 1 aromatic carbocycles. The highest BCUT2D eigenvalue weighted by atomic mass is 32.2. The first-order chi connectivity index (χ1) is 10.9. The Bertz CT molecular complexity index is 797. The summed E-state index contributed by atoms with van der Waals surface area (Å²) in [6.07, 6.45) is -1.77. The van der Waals surface area contributed by atoms with E-state index in [9.17, 15) is 22.8 Å². The Kier molecular flexibility index (Phi) is 3.77. The van der Waals surface area contributed by atoms with E-state index in [-0.39, 0.29) is 10.6 Å². The number of amides is 2. The van der Waals surface area contributed by atoms with Crippen LogP contribution in [0.5, 0.6) is 0 Å². The molecule has 1 fully saturated rings. The Morgan fingerprint density at radius 2 is 1.91 bits per heavy atom. The lowest BCUT2D eigenvalue weighted by Gasteiger charge is -2.14. The molecule has 2 heterocycles. The van der Waals surface area contributed by atoms with Crippen LogP contribution >= 0.6 is 11.8 Å². The van der Waals surface area contributed by atoms with Gasteiger partial charge in [-0.25, -0.2) is 4.90 Å². The quantitative estimate of drug-likeness (QED) is 0.754. The normalized spacial score (nSPS) is 17.3. The van der Waals surface area contributed by atoms with Crippen molar-refractivity contribution < 1.29 is 27.2 Å². The first-order valence-electron chi connectivity index (χ1n) is 6.35. The van der Waals surface area contributed by atoms with Gasteiger partial charge in [-0.2, -0.15) is 13.2 Å². The van der Waals surface area contributed by atoms with Crippen LogP contribution in [0, 0.1) is 0 Å². The number of furan rings is 1. The predicted molar refractivity (Wildman–Crippen MR) is 78.6 cm³/mol. The lowest BCUT2D eigenvalue weighted by atomic mass is 10.2. The second kappa shape index (κ2) is 5.62. The molecule has 1 saturated heterocycles. The molecule has 4 nitrogen and oxygen atoms in total. The summed E-state index contributed by atoms with van der Waals surface area (Å²) in [5.41, 5.74) is -1.05. The van der Waals surface area contributed by atoms with Crippen LogP contribution in [0.15, 0.2) is 52.0 Å². The molecule has 1 aliphatic heterocycles. The van der Waals surface area contributed by atoms with Crippen molar-refractivity contribution in [3.63, 3.8) is 0 Å². The molecule has 118 valence electrons. The number of benzene rings is 1. The summed E-state index contributed by atoms with van der Waals surface area (Å²) in [6.45, 7) is 0. The van der Waals surface area contributed by atoms with Crippen LogP contribution in [0.4, 0.5) is 23.7 Å². The number of carbonyl (C=O) groups excluding carboxylic acids is 2. The van der Waals surface area contributed by atoms with E-state index >= 15 is 0 Å². The van der Waals surface area contributed by atoms with Crippen molar-refractivity contribution in [1.29, 1.82) is 0 Å². The molecule has 2 aromatic rings. The molecule has 2 amide bonds. The van der Waals surface area contributed by atoms with Gasteiger partial charge >= 0.3 is 6.18 Å². The molecule has 0 saturated carbocycles. The number of nitrogens with zero attached hydrogens (tertiary/aromatic N) is 1. The molecule has 0 unspecified atom stereocenters. The molecule has 0 aliphatic carbocycles. The highest BCUT2D eigenvalue weighted by molar-refractivity contribution is 8.19. The molecule has 1 aliphatic rings. The summed E-state index contributed by atoms with van der Waals surface area (Å²) in [5.74, 6) is -0.310. The van der Waals surface area contributed by atoms with Gasteiger partial charge in [0.1, 0.15) is 5.76 Å². The maximum atomic E-state index is 12.8. The third-order valence-corrected chi connectivity index (χ3v) is 3.91. The van der Waals surface area contributed by atoms with Crippen molar-refractivity contribution in [3.8, 4) is 0 Å². The summed E-state index contributed by atoms with van der Waals surface area (Å²) in [4.78, 5) is 25.1. The average molecular weight is 339 g/mol. The maximum absolute atomic E-state index is 12.8. The number of hydrogen-bond donors (Lipinski definition) is 0. The van der Waals surface area contributed by atoms with Gasteiger partial charge in [0.25, 0.3) is 11.1 Å². The van der Waals surface area contributed by atoms with E-state index in [4.69, 9.17) is 4.42 Å². The van der Waals surface area contributed by atoms with Gasteiger partial charge in [-0.15, -0.1) is 0 Å². The Morgan fingerprint density at radius 1 is 1.13 bits per heavy atom. The van der Waals surface area contributed by atoms with Crippen LogP contribution in [0.25, 0.3) is 6.08 Å². The molecular formula is C15H8F3NO3S. The highest BCUT2D eigenvalue weighted by Crippen LogP contribution is 2.38. The third kappa shape index (κ3) is 3.02. The molecule has 23 heavy (non-hydrogen) atoms. The van der Waals surface area contributed by atoms with Crippen LogP contribution in [0.1, 0.15) is 11.3 Å². The Hall–Kier alpha value is -2.48. The standard InChI is InChI=1S/C15H8F3NO3S/c16-15(17,18)9-3-1-4-10(7-9)19-13(20)12(23-14(19)21)8-11-5-2-6-22-11/h1-8H/b12-8+. The van der Waals surface area contributed by atoms with Crippen LogP contribution < -0.4 is 4.90 Å². The second-order valence-electron chi connectivity index (χ2n) is 4.58. The molecule has 3 rings (SSSR count). The largest absolute Gasteiger partial charge is 0.465 e. The van der Waals surface area contributed by atoms with Gasteiger partial charge in [0.05, 0.1) is 22.4 Å². The zero-order chi connectivity index (χ0) is 16.6. The molecular weight excluding hydrogens is 331 g/mol. The minimum atomic E-state index is -4.55. The molecule has 0 bridgehead atoms. The van der Waals surface area contributed by atoms with Crippen molar-refractivity contribution in [1.82, 2.24) is 0 Å². The van der Waals surface area contributed by atoms with Gasteiger partial charge in [0.15, 0.2) is 0 Å². The topological polar surface area (TPSA) is 50.5 Å². The third-order valence-electron chi connectivity index (χ3n) is 3.04. The number of imide groups is 1. The Morgan fingerprint density at radius 3 is 2.57 bits per heavy atom. The fraction of sp³-hybridized carbons (Fsp3) is 0.0667. The highest BCUT2D eigenvalue weighted by Gasteiger charge is 2.38. The van der Waals surface area contributed by atoms with Gasteiger partial charge in [0.2, 0.25) is 0 Å². The summed E-state index contributed by atoms with van der Waals surface area (Å²) >= 11 is 0.646. The van der Waals surface area contributed by atoms with Crippen molar-refractivity contribution in [2.75, 3.05) is 4.90 Å². The number of rotatable bonds is 2. The molecule has 0 radical (unpaired) electrons. The zero-order valence-electron chi connectivity index (χ0n) is 11.3. The van der Waals surface area contributed by atoms with E-state index in [1.807, 2.05) is 0 Å². The van der Waals surface area contributed by atoms with Crippen molar-refractivity contribution in [2.45, 2.75) is 6.18 Å². The van der Waals surface area contributed by atoms with Crippen molar-refractivity contribution in [2.24, 2.45) is 0 Å². The molecule has 1 aromatic heterocycles. The number of halogens is 3. The number of thioether (sulfide) groups is 1. The van der Waals surface area contributed by atoms with E-state index in [2.05, 4.69) is 0 Å². The summed E-state index contributed by atoms with van der Waals surface area (Å²) in [6, 6.07) is 7.29. The fourth-order valence-corrected chi connectivity index (χ4v) is 2.84. The van der Waals surface area contributed by atoms with E-state index < -0.39 is 22.9 Å². The molecule has 0 atom stereocenters. The lowest BCUT2D eigenvalue weighted by molar-refractivity contribution is -0.137. The van der Waals surface area contributed by atoms with Crippen LogP contribution in [-0.2, 0) is 11.0 Å². The average Bonchev–Trinajstić information content (AvgIpc) is 3.08. The number of alkyl halides is 3. The molecule has 0 N–H and O–H groups in total. The second-order valence-corrected chi connectivity index (χ2v) is 5.57. The van der Waals surface area contributed by atoms with Gasteiger partial charge in [-0.3, -0.25) is 9.59 Å². The number of anilines is 1. The Balaban J connectivity index is 1.95. The minimum Gasteiger partial charge on any atom is -0.465 e. The molecule has 8 heteroatoms. The van der Waals surface area contributed by atoms with Crippen molar-refractivity contribution in [3.05, 3.63) is 58.9 Å². The van der Waals surface area contributed by atoms with Gasteiger partial charge < -0.3 is 4.42 Å². The first-order valence-corrected chi connectivity index (χ1v) is 7.16. The first kappa shape index (κ1) is 15.4. The summed E-state index contributed by atoms with van der Waals surface area (Å²) in [5, 5.41) is -0.660. The van der Waals surface area contributed by atoms with E-state index in [1.54, 1.807) is 12.1 Å². The summed E-state index contributed by atoms with van der Waals surface area (Å²) in [7, 11) is 0. The van der Waals surface area contributed by atoms with E-state index in [0.717, 1.165) is 18.2 Å². The summed E-state index contributed by atoms with van der Waals surface area (Å²) < 4.78 is 43.3. The number of hydrogen-bond acceptors (Lipinski definition) is 4. The molecule has 0 spiro atoms. The van der Waals surface area contributed by atoms with Crippen molar-refractivity contribution >= 4 is 34.7 Å². The van der Waals surface area contributed by atoms with Gasteiger partial charge in [-0.05, 0) is 42.1 Å². The Labute approximate surface area is 132 Å². The zero-order valence-corrected chi connectivity index (χ0v) is 12.1. The van der Waals surface area contributed by atoms with Gasteiger partial charge in [-0.1, -0.05) is 6.07 Å². The van der Waals surface area contributed by atoms with E-state index in [1.165, 1.54) is 18.4 Å². The smallest absolute Gasteiger partial charge is 0.416 e.